The zero-order valence-electron chi connectivity index (χ0n) is 11.9. The number of hydrogen-bond donors (Lipinski definition) is 2. The molecule has 3 N–H and O–H groups in total. The van der Waals surface area contributed by atoms with Crippen LogP contribution in [0.5, 0.6) is 0 Å². The highest BCUT2D eigenvalue weighted by Crippen LogP contribution is 2.40. The third-order valence-electron chi connectivity index (χ3n) is 3.91. The van der Waals surface area contributed by atoms with Crippen LogP contribution >= 0.6 is 23.2 Å². The van der Waals surface area contributed by atoms with Crippen molar-refractivity contribution in [3.05, 3.63) is 58.0 Å². The summed E-state index contributed by atoms with van der Waals surface area (Å²) >= 11 is 12.3. The Hall–Kier alpha value is -2.18. The Morgan fingerprint density at radius 2 is 2.17 bits per heavy atom. The second-order valence-electron chi connectivity index (χ2n) is 5.37. The molecule has 2 atom stereocenters. The lowest BCUT2D eigenvalue weighted by Crippen LogP contribution is -2.28. The average Bonchev–Trinajstić information content (AvgIpc) is 3.14. The zero-order chi connectivity index (χ0) is 16.0. The number of nitrogen functional groups attached to an aromatic ring is 1. The Kier molecular flexibility index (Phi) is 3.43. The van der Waals surface area contributed by atoms with Gasteiger partial charge in [0.2, 0.25) is 11.9 Å². The number of aromatic nitrogens is 3. The molecular weight excluding hydrogens is 337 g/mol. The number of anilines is 2. The summed E-state index contributed by atoms with van der Waals surface area (Å²) in [7, 11) is 0. The molecule has 0 bridgehead atoms. The van der Waals surface area contributed by atoms with E-state index < -0.39 is 0 Å². The maximum Gasteiger partial charge on any atom is 0.241 e. The van der Waals surface area contributed by atoms with Crippen molar-refractivity contribution in [3.8, 4) is 0 Å². The van der Waals surface area contributed by atoms with Crippen molar-refractivity contribution in [2.45, 2.75) is 18.5 Å². The molecule has 0 spiro atoms. The molecule has 6 nitrogen and oxygen atoms in total. The topological polar surface area (TPSA) is 81.9 Å². The summed E-state index contributed by atoms with van der Waals surface area (Å²) in [6, 6.07) is 9.07. The van der Waals surface area contributed by atoms with Crippen molar-refractivity contribution in [1.29, 1.82) is 0 Å². The second kappa shape index (κ2) is 5.47. The lowest BCUT2D eigenvalue weighted by Gasteiger charge is -2.30. The van der Waals surface area contributed by atoms with Crippen LogP contribution in [0.1, 0.15) is 29.8 Å². The van der Waals surface area contributed by atoms with Crippen LogP contribution in [0.25, 0.3) is 0 Å². The molecule has 0 fully saturated rings. The minimum absolute atomic E-state index is 0.0500. The lowest BCUT2D eigenvalue weighted by atomic mass is 9.96. The molecule has 1 aromatic carbocycles. The summed E-state index contributed by atoms with van der Waals surface area (Å²) in [5.41, 5.74) is 6.70. The third-order valence-corrected chi connectivity index (χ3v) is 4.48. The molecular formula is C15H13Cl2N5O. The van der Waals surface area contributed by atoms with Gasteiger partial charge in [-0.1, -0.05) is 29.3 Å². The number of nitrogens with one attached hydrogen (secondary N) is 1. The summed E-state index contributed by atoms with van der Waals surface area (Å²) in [4.78, 5) is 4.24. The molecule has 2 aromatic heterocycles. The average molecular weight is 350 g/mol. The molecule has 0 unspecified atom stereocenters. The number of nitrogens with two attached hydrogens (primary N) is 1. The van der Waals surface area contributed by atoms with Crippen LogP contribution in [-0.2, 0) is 0 Å². The Labute approximate surface area is 142 Å². The molecule has 1 aliphatic rings. The molecule has 118 valence electrons. The van der Waals surface area contributed by atoms with E-state index in [4.69, 9.17) is 33.4 Å². The van der Waals surface area contributed by atoms with Gasteiger partial charge in [0.1, 0.15) is 11.8 Å². The molecule has 0 amide bonds. The van der Waals surface area contributed by atoms with Gasteiger partial charge in [0, 0.05) is 16.5 Å². The van der Waals surface area contributed by atoms with Gasteiger partial charge < -0.3 is 15.5 Å². The highest BCUT2D eigenvalue weighted by Gasteiger charge is 2.33. The van der Waals surface area contributed by atoms with Crippen molar-refractivity contribution in [3.63, 3.8) is 0 Å². The van der Waals surface area contributed by atoms with Crippen LogP contribution in [0, 0.1) is 0 Å². The van der Waals surface area contributed by atoms with Crippen LogP contribution < -0.4 is 11.1 Å². The van der Waals surface area contributed by atoms with Crippen molar-refractivity contribution >= 4 is 35.1 Å². The number of fused-ring (bicyclic) bond motifs is 1. The second-order valence-corrected chi connectivity index (χ2v) is 6.21. The van der Waals surface area contributed by atoms with Crippen LogP contribution in [0.15, 0.2) is 41.0 Å². The summed E-state index contributed by atoms with van der Waals surface area (Å²) < 4.78 is 7.31. The van der Waals surface area contributed by atoms with Gasteiger partial charge in [0.25, 0.3) is 0 Å². The first-order chi connectivity index (χ1) is 11.1. The maximum atomic E-state index is 6.35. The van der Waals surface area contributed by atoms with Gasteiger partial charge in [0.15, 0.2) is 0 Å². The fraction of sp³-hybridized carbons (Fsp3) is 0.200. The van der Waals surface area contributed by atoms with Crippen LogP contribution in [0.4, 0.5) is 11.9 Å². The number of nitrogens with zero attached hydrogens (tertiary/aromatic N) is 3. The first kappa shape index (κ1) is 14.4. The van der Waals surface area contributed by atoms with E-state index in [-0.39, 0.29) is 18.0 Å². The fourth-order valence-electron chi connectivity index (χ4n) is 2.90. The molecule has 4 rings (SSSR count). The van der Waals surface area contributed by atoms with Gasteiger partial charge in [-0.2, -0.15) is 4.98 Å². The number of halogens is 2. The fourth-order valence-corrected chi connectivity index (χ4v) is 3.44. The predicted octanol–water partition coefficient (Wildman–Crippen LogP) is 3.91. The summed E-state index contributed by atoms with van der Waals surface area (Å²) in [6.07, 6.45) is 2.34. The van der Waals surface area contributed by atoms with Crippen molar-refractivity contribution in [2.24, 2.45) is 0 Å². The highest BCUT2D eigenvalue weighted by atomic mass is 35.5. The minimum atomic E-state index is -0.109. The van der Waals surface area contributed by atoms with E-state index in [9.17, 15) is 0 Å². The largest absolute Gasteiger partial charge is 0.467 e. The Balaban J connectivity index is 1.77. The van der Waals surface area contributed by atoms with Gasteiger partial charge in [0.05, 0.1) is 12.3 Å². The van der Waals surface area contributed by atoms with E-state index in [1.165, 1.54) is 0 Å². The Bertz CT molecular complexity index is 846. The van der Waals surface area contributed by atoms with Crippen molar-refractivity contribution in [2.75, 3.05) is 11.1 Å². The normalized spacial score (nSPS) is 20.1. The highest BCUT2D eigenvalue weighted by molar-refractivity contribution is 6.35. The molecule has 0 radical (unpaired) electrons. The summed E-state index contributed by atoms with van der Waals surface area (Å²) in [5.74, 6) is 1.60. The number of furan rings is 1. The SMILES string of the molecule is Nc1nc2n(n1)[C@H](c1ccco1)C[C@H](c1ccc(Cl)cc1Cl)N2. The maximum absolute atomic E-state index is 6.35. The monoisotopic (exact) mass is 349 g/mol. The molecule has 0 aliphatic carbocycles. The number of benzene rings is 1. The summed E-state index contributed by atoms with van der Waals surface area (Å²) in [5, 5.41) is 8.79. The van der Waals surface area contributed by atoms with E-state index in [0.717, 1.165) is 11.3 Å². The molecule has 3 aromatic rings. The minimum Gasteiger partial charge on any atom is -0.467 e. The quantitative estimate of drug-likeness (QED) is 0.732. The Morgan fingerprint density at radius 1 is 1.30 bits per heavy atom. The van der Waals surface area contributed by atoms with Crippen LogP contribution in [-0.4, -0.2) is 14.8 Å². The van der Waals surface area contributed by atoms with E-state index in [1.807, 2.05) is 24.3 Å². The smallest absolute Gasteiger partial charge is 0.241 e. The number of hydrogen-bond acceptors (Lipinski definition) is 5. The molecule has 0 saturated heterocycles. The molecule has 3 heterocycles. The molecule has 0 saturated carbocycles. The van der Waals surface area contributed by atoms with Gasteiger partial charge in [-0.05, 0) is 29.8 Å². The first-order valence-electron chi connectivity index (χ1n) is 7.08. The van der Waals surface area contributed by atoms with Crippen LogP contribution in [0.2, 0.25) is 10.0 Å². The van der Waals surface area contributed by atoms with Gasteiger partial charge in [-0.15, -0.1) is 5.10 Å². The Morgan fingerprint density at radius 3 is 2.91 bits per heavy atom. The van der Waals surface area contributed by atoms with Gasteiger partial charge >= 0.3 is 0 Å². The van der Waals surface area contributed by atoms with Gasteiger partial charge in [-0.3, -0.25) is 0 Å². The first-order valence-corrected chi connectivity index (χ1v) is 7.84. The van der Waals surface area contributed by atoms with E-state index in [2.05, 4.69) is 15.4 Å². The summed E-state index contributed by atoms with van der Waals surface area (Å²) in [6.45, 7) is 0. The van der Waals surface area contributed by atoms with Crippen LogP contribution in [0.3, 0.4) is 0 Å². The zero-order valence-corrected chi connectivity index (χ0v) is 13.4. The van der Waals surface area contributed by atoms with Gasteiger partial charge in [-0.25, -0.2) is 4.68 Å². The standard InChI is InChI=1S/C15H13Cl2N5O/c16-8-3-4-9(10(17)6-8)11-7-12(13-2-1-5-23-13)22-15(19-11)20-14(18)21-22/h1-6,11-12H,7H2,(H3,18,19,20,21)/t11-,12+/m1/s1. The lowest BCUT2D eigenvalue weighted by molar-refractivity contribution is 0.359. The third kappa shape index (κ3) is 2.54. The van der Waals surface area contributed by atoms with E-state index >= 15 is 0 Å². The van der Waals surface area contributed by atoms with Crippen molar-refractivity contribution < 1.29 is 4.42 Å². The number of rotatable bonds is 2. The predicted molar refractivity (Wildman–Crippen MR) is 88.7 cm³/mol. The molecule has 23 heavy (non-hydrogen) atoms. The molecule has 8 heteroatoms. The molecule has 1 aliphatic heterocycles. The van der Waals surface area contributed by atoms with Crippen molar-refractivity contribution in [1.82, 2.24) is 14.8 Å². The van der Waals surface area contributed by atoms with E-state index in [1.54, 1.807) is 17.0 Å². The van der Waals surface area contributed by atoms with E-state index in [0.29, 0.717) is 22.4 Å².